The summed E-state index contributed by atoms with van der Waals surface area (Å²) >= 11 is 5.61. The lowest BCUT2D eigenvalue weighted by molar-refractivity contribution is -0.121. The zero-order valence-corrected chi connectivity index (χ0v) is 11.0. The van der Waals surface area contributed by atoms with Crippen molar-refractivity contribution in [2.45, 2.75) is 25.8 Å². The number of ether oxygens (including phenoxy) is 1. The van der Waals surface area contributed by atoms with Gasteiger partial charge in [-0.2, -0.15) is 0 Å². The van der Waals surface area contributed by atoms with Gasteiger partial charge >= 0.3 is 0 Å². The van der Waals surface area contributed by atoms with E-state index in [0.29, 0.717) is 12.3 Å². The fourth-order valence-corrected chi connectivity index (χ4v) is 1.86. The number of halogens is 1. The van der Waals surface area contributed by atoms with Gasteiger partial charge in [-0.25, -0.2) is 0 Å². The average Bonchev–Trinajstić information content (AvgIpc) is 2.29. The summed E-state index contributed by atoms with van der Waals surface area (Å²) in [6, 6.07) is 7.63. The summed E-state index contributed by atoms with van der Waals surface area (Å²) in [6.07, 6.45) is 1.15. The molecule has 0 heterocycles. The number of methoxy groups -OCH3 is 1. The average molecular weight is 256 g/mol. The maximum atomic E-state index is 11.7. The van der Waals surface area contributed by atoms with E-state index in [1.165, 1.54) is 0 Å². The molecule has 0 radical (unpaired) electrons. The van der Waals surface area contributed by atoms with Gasteiger partial charge in [-0.3, -0.25) is 4.79 Å². The first-order chi connectivity index (χ1) is 8.15. The molecule has 1 aromatic rings. The van der Waals surface area contributed by atoms with Gasteiger partial charge in [0.05, 0.1) is 13.5 Å². The second-order valence-electron chi connectivity index (χ2n) is 3.97. The SMILES string of the molecule is COc1cccc(CC(=O)NC(C)CCCl)c1. The first-order valence-electron chi connectivity index (χ1n) is 5.64. The van der Waals surface area contributed by atoms with Gasteiger partial charge < -0.3 is 10.1 Å². The third-order valence-electron chi connectivity index (χ3n) is 2.45. The molecule has 3 nitrogen and oxygen atoms in total. The number of rotatable bonds is 6. The summed E-state index contributed by atoms with van der Waals surface area (Å²) in [5.41, 5.74) is 0.944. The minimum atomic E-state index is 0.0101. The van der Waals surface area contributed by atoms with Gasteiger partial charge in [0.2, 0.25) is 5.91 Å². The molecule has 1 rings (SSSR count). The first kappa shape index (κ1) is 13.8. The normalized spacial score (nSPS) is 11.9. The van der Waals surface area contributed by atoms with Crippen LogP contribution < -0.4 is 10.1 Å². The molecule has 0 bridgehead atoms. The van der Waals surface area contributed by atoms with E-state index in [0.717, 1.165) is 17.7 Å². The van der Waals surface area contributed by atoms with E-state index in [2.05, 4.69) is 5.32 Å². The smallest absolute Gasteiger partial charge is 0.224 e. The maximum Gasteiger partial charge on any atom is 0.224 e. The molecule has 0 aliphatic heterocycles. The highest BCUT2D eigenvalue weighted by Crippen LogP contribution is 2.12. The van der Waals surface area contributed by atoms with Gasteiger partial charge in [0.15, 0.2) is 0 Å². The lowest BCUT2D eigenvalue weighted by Gasteiger charge is -2.12. The Kier molecular flexibility index (Phi) is 5.84. The highest BCUT2D eigenvalue weighted by molar-refractivity contribution is 6.17. The Morgan fingerprint density at radius 2 is 2.29 bits per heavy atom. The van der Waals surface area contributed by atoms with Crippen LogP contribution in [0.15, 0.2) is 24.3 Å². The second kappa shape index (κ2) is 7.17. The van der Waals surface area contributed by atoms with Gasteiger partial charge in [-0.1, -0.05) is 12.1 Å². The van der Waals surface area contributed by atoms with Crippen LogP contribution in [0.2, 0.25) is 0 Å². The van der Waals surface area contributed by atoms with Crippen molar-refractivity contribution in [3.63, 3.8) is 0 Å². The monoisotopic (exact) mass is 255 g/mol. The van der Waals surface area contributed by atoms with Crippen LogP contribution in [0.4, 0.5) is 0 Å². The molecule has 1 aromatic carbocycles. The molecular weight excluding hydrogens is 238 g/mol. The predicted octanol–water partition coefficient (Wildman–Crippen LogP) is 2.37. The minimum absolute atomic E-state index is 0.0101. The van der Waals surface area contributed by atoms with Crippen LogP contribution in [0, 0.1) is 0 Å². The van der Waals surface area contributed by atoms with Crippen molar-refractivity contribution in [2.75, 3.05) is 13.0 Å². The van der Waals surface area contributed by atoms with Crippen LogP contribution in [-0.2, 0) is 11.2 Å². The summed E-state index contributed by atoms with van der Waals surface area (Å²) in [4.78, 5) is 11.7. The van der Waals surface area contributed by atoms with E-state index < -0.39 is 0 Å². The van der Waals surface area contributed by atoms with Crippen molar-refractivity contribution >= 4 is 17.5 Å². The van der Waals surface area contributed by atoms with E-state index in [1.54, 1.807) is 7.11 Å². The molecule has 1 amide bonds. The zero-order valence-electron chi connectivity index (χ0n) is 10.2. The van der Waals surface area contributed by atoms with Crippen LogP contribution in [0.25, 0.3) is 0 Å². The van der Waals surface area contributed by atoms with E-state index in [9.17, 15) is 4.79 Å². The van der Waals surface area contributed by atoms with Crippen molar-refractivity contribution in [3.8, 4) is 5.75 Å². The van der Waals surface area contributed by atoms with Crippen LogP contribution in [-0.4, -0.2) is 24.9 Å². The molecule has 17 heavy (non-hydrogen) atoms. The number of hydrogen-bond donors (Lipinski definition) is 1. The molecule has 94 valence electrons. The van der Waals surface area contributed by atoms with Crippen molar-refractivity contribution in [1.82, 2.24) is 5.32 Å². The number of alkyl halides is 1. The topological polar surface area (TPSA) is 38.3 Å². The summed E-state index contributed by atoms with van der Waals surface area (Å²) in [6.45, 7) is 1.95. The first-order valence-corrected chi connectivity index (χ1v) is 6.17. The molecule has 0 fully saturated rings. The molecule has 1 unspecified atom stereocenters. The quantitative estimate of drug-likeness (QED) is 0.793. The largest absolute Gasteiger partial charge is 0.497 e. The molecular formula is C13H18ClNO2. The number of carbonyl (C=O) groups is 1. The Balaban J connectivity index is 2.49. The number of hydrogen-bond acceptors (Lipinski definition) is 2. The van der Waals surface area contributed by atoms with Gasteiger partial charge in [0.25, 0.3) is 0 Å². The third kappa shape index (κ3) is 5.09. The molecule has 0 spiro atoms. The Morgan fingerprint density at radius 3 is 2.94 bits per heavy atom. The van der Waals surface area contributed by atoms with E-state index in [-0.39, 0.29) is 11.9 Å². The summed E-state index contributed by atoms with van der Waals surface area (Å²) < 4.78 is 5.11. The highest BCUT2D eigenvalue weighted by Gasteiger charge is 2.08. The third-order valence-corrected chi connectivity index (χ3v) is 2.67. The molecule has 0 saturated heterocycles. The fourth-order valence-electron chi connectivity index (χ4n) is 1.53. The zero-order chi connectivity index (χ0) is 12.7. The van der Waals surface area contributed by atoms with Crippen LogP contribution in [0.1, 0.15) is 18.9 Å². The molecule has 0 aromatic heterocycles. The number of nitrogens with one attached hydrogen (secondary N) is 1. The number of amides is 1. The van der Waals surface area contributed by atoms with Gasteiger partial charge in [0.1, 0.15) is 5.75 Å². The number of benzene rings is 1. The summed E-state index contributed by atoms with van der Waals surface area (Å²) in [5.74, 6) is 1.33. The molecule has 1 atom stereocenters. The number of carbonyl (C=O) groups excluding carboxylic acids is 1. The standard InChI is InChI=1S/C13H18ClNO2/c1-10(6-7-14)15-13(16)9-11-4-3-5-12(8-11)17-2/h3-5,8,10H,6-7,9H2,1-2H3,(H,15,16). The molecule has 4 heteroatoms. The minimum Gasteiger partial charge on any atom is -0.497 e. The highest BCUT2D eigenvalue weighted by atomic mass is 35.5. The Labute approximate surface area is 107 Å². The Morgan fingerprint density at radius 1 is 1.53 bits per heavy atom. The van der Waals surface area contributed by atoms with Crippen LogP contribution in [0.3, 0.4) is 0 Å². The summed E-state index contributed by atoms with van der Waals surface area (Å²) in [5, 5.41) is 2.90. The lowest BCUT2D eigenvalue weighted by atomic mass is 10.1. The molecule has 0 saturated carbocycles. The molecule has 0 aliphatic rings. The molecule has 0 aliphatic carbocycles. The lowest BCUT2D eigenvalue weighted by Crippen LogP contribution is -2.33. The van der Waals surface area contributed by atoms with E-state index in [4.69, 9.17) is 16.3 Å². The van der Waals surface area contributed by atoms with Crippen molar-refractivity contribution in [3.05, 3.63) is 29.8 Å². The van der Waals surface area contributed by atoms with Gasteiger partial charge in [-0.05, 0) is 31.0 Å². The van der Waals surface area contributed by atoms with Crippen molar-refractivity contribution in [2.24, 2.45) is 0 Å². The Bertz CT molecular complexity index is 368. The molecule has 1 N–H and O–H groups in total. The van der Waals surface area contributed by atoms with Crippen molar-refractivity contribution in [1.29, 1.82) is 0 Å². The maximum absolute atomic E-state index is 11.7. The fraction of sp³-hybridized carbons (Fsp3) is 0.462. The predicted molar refractivity (Wildman–Crippen MR) is 69.6 cm³/mol. The van der Waals surface area contributed by atoms with E-state index >= 15 is 0 Å². The Hall–Kier alpha value is -1.22. The summed E-state index contributed by atoms with van der Waals surface area (Å²) in [7, 11) is 1.61. The van der Waals surface area contributed by atoms with Gasteiger partial charge in [0, 0.05) is 11.9 Å². The van der Waals surface area contributed by atoms with E-state index in [1.807, 2.05) is 31.2 Å². The van der Waals surface area contributed by atoms with Crippen LogP contribution >= 0.6 is 11.6 Å². The van der Waals surface area contributed by atoms with Crippen LogP contribution in [0.5, 0.6) is 5.75 Å². The van der Waals surface area contributed by atoms with Crippen molar-refractivity contribution < 1.29 is 9.53 Å². The van der Waals surface area contributed by atoms with Gasteiger partial charge in [-0.15, -0.1) is 11.6 Å². The second-order valence-corrected chi connectivity index (χ2v) is 4.35.